The minimum atomic E-state index is -4.27. The number of aliphatic hydroxyl groups excluding tert-OH is 1. The molecule has 0 saturated carbocycles. The maximum atomic E-state index is 13.6. The first-order chi connectivity index (χ1) is 17.2. The van der Waals surface area contributed by atoms with Gasteiger partial charge < -0.3 is 24.2 Å². The molecule has 2 heterocycles. The zero-order valence-electron chi connectivity index (χ0n) is 21.1. The zero-order valence-corrected chi connectivity index (χ0v) is 22.0. The summed E-state index contributed by atoms with van der Waals surface area (Å²) in [6.45, 7) is 6.89. The lowest BCUT2D eigenvalue weighted by molar-refractivity contribution is -0.149. The summed E-state index contributed by atoms with van der Waals surface area (Å²) in [6, 6.07) is 6.98. The topological polar surface area (TPSA) is 178 Å². The van der Waals surface area contributed by atoms with Crippen molar-refractivity contribution in [1.82, 2.24) is 14.6 Å². The summed E-state index contributed by atoms with van der Waals surface area (Å²) in [5.74, 6) is -0.515. The molecule has 3 rings (SSSR count). The number of carbonyl (C=O) groups excluding carboxylic acids is 1. The molecule has 1 aliphatic rings. The Morgan fingerprint density at radius 3 is 2.54 bits per heavy atom. The maximum Gasteiger partial charge on any atom is 0.459 e. The highest BCUT2D eigenvalue weighted by Crippen LogP contribution is 2.46. The number of H-pyrrole nitrogens is 1. The van der Waals surface area contributed by atoms with Gasteiger partial charge in [0.15, 0.2) is 6.23 Å². The third-order valence-electron chi connectivity index (χ3n) is 5.59. The highest BCUT2D eigenvalue weighted by Gasteiger charge is 2.54. The van der Waals surface area contributed by atoms with Gasteiger partial charge in [-0.3, -0.25) is 23.7 Å². The van der Waals surface area contributed by atoms with Gasteiger partial charge >= 0.3 is 19.4 Å². The van der Waals surface area contributed by atoms with Gasteiger partial charge in [0.05, 0.1) is 12.7 Å². The Labute approximate surface area is 212 Å². The van der Waals surface area contributed by atoms with Crippen LogP contribution in [0.3, 0.4) is 0 Å². The minimum absolute atomic E-state index is 0.177. The summed E-state index contributed by atoms with van der Waals surface area (Å²) in [7, 11) is -4.27. The molecule has 0 bridgehead atoms. The first kappa shape index (κ1) is 28.8. The molecule has 6 unspecified atom stereocenters. The van der Waals surface area contributed by atoms with Gasteiger partial charge in [-0.1, -0.05) is 18.2 Å². The van der Waals surface area contributed by atoms with Gasteiger partial charge in [-0.05, 0) is 46.8 Å². The highest BCUT2D eigenvalue weighted by atomic mass is 31.2. The number of hydrogen-bond donors (Lipinski definition) is 4. The van der Waals surface area contributed by atoms with Crippen LogP contribution >= 0.6 is 7.75 Å². The first-order valence-corrected chi connectivity index (χ1v) is 13.1. The molecule has 1 saturated heterocycles. The fraction of sp³-hybridized carbons (Fsp3) is 0.522. The smallest absolute Gasteiger partial charge is 0.459 e. The molecule has 14 heteroatoms. The van der Waals surface area contributed by atoms with Crippen LogP contribution in [0.2, 0.25) is 0 Å². The summed E-state index contributed by atoms with van der Waals surface area (Å²) in [5.41, 5.74) is -3.27. The number of carbonyl (C=O) groups is 1. The van der Waals surface area contributed by atoms with E-state index in [9.17, 15) is 29.2 Å². The second kappa shape index (κ2) is 11.3. The number of hydrogen-bond acceptors (Lipinski definition) is 10. The highest BCUT2D eigenvalue weighted by molar-refractivity contribution is 7.52. The molecule has 6 atom stereocenters. The van der Waals surface area contributed by atoms with E-state index in [1.165, 1.54) is 39.1 Å². The van der Waals surface area contributed by atoms with E-state index in [1.807, 2.05) is 0 Å². The zero-order chi connectivity index (χ0) is 27.5. The van der Waals surface area contributed by atoms with Crippen LogP contribution in [0.15, 0.2) is 46.1 Å². The van der Waals surface area contributed by atoms with Crippen LogP contribution in [0, 0.1) is 6.92 Å². The predicted octanol–water partition coefficient (Wildman–Crippen LogP) is 0.988. The van der Waals surface area contributed by atoms with Crippen molar-refractivity contribution < 1.29 is 38.1 Å². The number of nitrogens with one attached hydrogen (secondary N) is 2. The predicted molar refractivity (Wildman–Crippen MR) is 131 cm³/mol. The number of aliphatic hydroxyl groups is 2. The Hall–Kier alpha value is -2.80. The largest absolute Gasteiger partial charge is 0.462 e. The molecule has 0 aliphatic carbocycles. The second-order valence-corrected chi connectivity index (χ2v) is 10.9. The van der Waals surface area contributed by atoms with Crippen LogP contribution in [0.4, 0.5) is 0 Å². The summed E-state index contributed by atoms with van der Waals surface area (Å²) in [5, 5.41) is 24.2. The number of aromatic nitrogens is 2. The van der Waals surface area contributed by atoms with Crippen LogP contribution in [0.1, 0.15) is 39.5 Å². The maximum absolute atomic E-state index is 13.6. The normalized spacial score (nSPS) is 26.0. The van der Waals surface area contributed by atoms with Gasteiger partial charge in [-0.2, -0.15) is 5.09 Å². The molecule has 1 aromatic heterocycles. The number of esters is 1. The standard InChI is InChI=1S/C23H32N3O10P/c1-13(2)34-20(29)15(4)25-37(32,36-16-9-7-6-8-10-16)33-12-17-18(27)23(5,31)21(35-17)26-11-14(3)19(28)24-22(26)30/h6-11,13,15,17-18,21,27,31H,12H2,1-5H3,(H,25,32)(H,24,28,30). The lowest BCUT2D eigenvalue weighted by Crippen LogP contribution is -2.47. The minimum Gasteiger partial charge on any atom is -0.462 e. The average molecular weight is 541 g/mol. The van der Waals surface area contributed by atoms with E-state index in [4.69, 9.17) is 18.5 Å². The fourth-order valence-corrected chi connectivity index (χ4v) is 5.15. The number of para-hydroxylation sites is 1. The lowest BCUT2D eigenvalue weighted by Gasteiger charge is -2.27. The summed E-state index contributed by atoms with van der Waals surface area (Å²) >= 11 is 0. The molecule has 0 spiro atoms. The summed E-state index contributed by atoms with van der Waals surface area (Å²) in [6.07, 6.45) is -3.48. The van der Waals surface area contributed by atoms with Gasteiger partial charge in [-0.25, -0.2) is 9.36 Å². The van der Waals surface area contributed by atoms with E-state index < -0.39 is 67.8 Å². The molecule has 37 heavy (non-hydrogen) atoms. The molecule has 13 nitrogen and oxygen atoms in total. The third kappa shape index (κ3) is 6.75. The van der Waals surface area contributed by atoms with Crippen molar-refractivity contribution in [1.29, 1.82) is 0 Å². The van der Waals surface area contributed by atoms with Crippen molar-refractivity contribution in [2.24, 2.45) is 0 Å². The van der Waals surface area contributed by atoms with Gasteiger partial charge in [0, 0.05) is 11.8 Å². The van der Waals surface area contributed by atoms with Crippen molar-refractivity contribution in [2.45, 2.75) is 70.8 Å². The van der Waals surface area contributed by atoms with E-state index in [0.29, 0.717) is 0 Å². The van der Waals surface area contributed by atoms with E-state index >= 15 is 0 Å². The molecular formula is C23H32N3O10P. The van der Waals surface area contributed by atoms with Gasteiger partial charge in [0.2, 0.25) is 0 Å². The van der Waals surface area contributed by atoms with E-state index in [1.54, 1.807) is 32.0 Å². The molecule has 1 aromatic carbocycles. The fourth-order valence-electron chi connectivity index (χ4n) is 3.64. The van der Waals surface area contributed by atoms with E-state index in [0.717, 1.165) is 4.57 Å². The van der Waals surface area contributed by atoms with E-state index in [2.05, 4.69) is 10.1 Å². The summed E-state index contributed by atoms with van der Waals surface area (Å²) < 4.78 is 36.5. The Morgan fingerprint density at radius 1 is 1.27 bits per heavy atom. The Bertz CT molecular complexity index is 1260. The van der Waals surface area contributed by atoms with E-state index in [-0.39, 0.29) is 11.3 Å². The Morgan fingerprint density at radius 2 is 1.92 bits per heavy atom. The third-order valence-corrected chi connectivity index (χ3v) is 7.23. The molecule has 204 valence electrons. The van der Waals surface area contributed by atoms with Crippen molar-refractivity contribution in [3.05, 3.63) is 62.9 Å². The number of benzene rings is 1. The van der Waals surface area contributed by atoms with Crippen LogP contribution in [0.25, 0.3) is 0 Å². The van der Waals surface area contributed by atoms with Crippen LogP contribution in [0.5, 0.6) is 5.75 Å². The van der Waals surface area contributed by atoms with Crippen LogP contribution < -0.4 is 20.9 Å². The molecule has 4 N–H and O–H groups in total. The average Bonchev–Trinajstić information content (AvgIpc) is 3.03. The van der Waals surface area contributed by atoms with Crippen molar-refractivity contribution in [3.8, 4) is 5.75 Å². The number of nitrogens with zero attached hydrogens (tertiary/aromatic N) is 1. The van der Waals surface area contributed by atoms with Crippen LogP contribution in [-0.4, -0.2) is 62.3 Å². The molecular weight excluding hydrogens is 509 g/mol. The molecule has 2 aromatic rings. The van der Waals surface area contributed by atoms with Crippen molar-refractivity contribution in [3.63, 3.8) is 0 Å². The Balaban J connectivity index is 1.82. The van der Waals surface area contributed by atoms with Crippen LogP contribution in [-0.2, 0) is 23.4 Å². The second-order valence-electron chi connectivity index (χ2n) is 9.21. The van der Waals surface area contributed by atoms with Crippen molar-refractivity contribution in [2.75, 3.05) is 6.61 Å². The SMILES string of the molecule is Cc1cn(C2OC(COP(=O)(NC(C)C(=O)OC(C)C)Oc3ccccc3)C(O)C2(C)O)c(=O)[nH]c1=O. The van der Waals surface area contributed by atoms with Gasteiger partial charge in [0.1, 0.15) is 29.6 Å². The quantitative estimate of drug-likeness (QED) is 0.249. The lowest BCUT2D eigenvalue weighted by atomic mass is 9.96. The number of aromatic amines is 1. The molecule has 0 amide bonds. The molecule has 1 fully saturated rings. The molecule has 1 aliphatic heterocycles. The monoisotopic (exact) mass is 541 g/mol. The number of aryl methyl sites for hydroxylation is 1. The Kier molecular flexibility index (Phi) is 8.78. The number of rotatable bonds is 10. The van der Waals surface area contributed by atoms with Gasteiger partial charge in [0.25, 0.3) is 5.56 Å². The summed E-state index contributed by atoms with van der Waals surface area (Å²) in [4.78, 5) is 38.5. The molecule has 0 radical (unpaired) electrons. The van der Waals surface area contributed by atoms with Gasteiger partial charge in [-0.15, -0.1) is 0 Å². The first-order valence-electron chi connectivity index (χ1n) is 11.6. The number of ether oxygens (including phenoxy) is 2. The van der Waals surface area contributed by atoms with Crippen molar-refractivity contribution >= 4 is 13.7 Å².